The number of hydrogen-bond donors (Lipinski definition) is 2. The fourth-order valence-corrected chi connectivity index (χ4v) is 2.57. The SMILES string of the molecule is COc1ccc(CNc2nc(C#CC(C)O)nc3c2ncn3C(C)C)cc1. The van der Waals surface area contributed by atoms with Crippen LogP contribution in [0.4, 0.5) is 5.82 Å². The molecule has 7 nitrogen and oxygen atoms in total. The van der Waals surface area contributed by atoms with Gasteiger partial charge in [-0.1, -0.05) is 18.1 Å². The van der Waals surface area contributed by atoms with E-state index in [1.807, 2.05) is 28.8 Å². The van der Waals surface area contributed by atoms with Gasteiger partial charge in [-0.3, -0.25) is 0 Å². The van der Waals surface area contributed by atoms with Gasteiger partial charge in [0.2, 0.25) is 5.82 Å². The molecule has 27 heavy (non-hydrogen) atoms. The highest BCUT2D eigenvalue weighted by atomic mass is 16.5. The van der Waals surface area contributed by atoms with Gasteiger partial charge in [-0.15, -0.1) is 0 Å². The lowest BCUT2D eigenvalue weighted by atomic mass is 10.2. The van der Waals surface area contributed by atoms with Crippen molar-refractivity contribution < 1.29 is 9.84 Å². The van der Waals surface area contributed by atoms with Crippen LogP contribution < -0.4 is 10.1 Å². The number of nitrogens with one attached hydrogen (secondary N) is 1. The minimum Gasteiger partial charge on any atom is -0.497 e. The largest absolute Gasteiger partial charge is 0.497 e. The summed E-state index contributed by atoms with van der Waals surface area (Å²) in [6, 6.07) is 8.02. The summed E-state index contributed by atoms with van der Waals surface area (Å²) in [5.74, 6) is 7.30. The number of hydrogen-bond acceptors (Lipinski definition) is 6. The van der Waals surface area contributed by atoms with E-state index in [1.54, 1.807) is 20.4 Å². The fourth-order valence-electron chi connectivity index (χ4n) is 2.57. The Kier molecular flexibility index (Phi) is 5.57. The number of imidazole rings is 1. The highest BCUT2D eigenvalue weighted by molar-refractivity contribution is 5.83. The number of aromatic nitrogens is 4. The van der Waals surface area contributed by atoms with E-state index in [2.05, 4.69) is 46.0 Å². The summed E-state index contributed by atoms with van der Waals surface area (Å²) in [4.78, 5) is 13.5. The highest BCUT2D eigenvalue weighted by Crippen LogP contribution is 2.22. The first-order chi connectivity index (χ1) is 13.0. The Labute approximate surface area is 158 Å². The van der Waals surface area contributed by atoms with Crippen molar-refractivity contribution in [1.29, 1.82) is 0 Å². The summed E-state index contributed by atoms with van der Waals surface area (Å²) in [5, 5.41) is 12.7. The summed E-state index contributed by atoms with van der Waals surface area (Å²) in [7, 11) is 1.64. The summed E-state index contributed by atoms with van der Waals surface area (Å²) in [6.07, 6.45) is 1.02. The van der Waals surface area contributed by atoms with E-state index in [9.17, 15) is 5.11 Å². The van der Waals surface area contributed by atoms with Gasteiger partial charge in [-0.25, -0.2) is 15.0 Å². The number of anilines is 1. The maximum Gasteiger partial charge on any atom is 0.209 e. The molecule has 1 atom stereocenters. The lowest BCUT2D eigenvalue weighted by Gasteiger charge is -2.10. The van der Waals surface area contributed by atoms with Crippen LogP contribution in [0.25, 0.3) is 11.2 Å². The molecule has 2 aromatic heterocycles. The lowest BCUT2D eigenvalue weighted by molar-refractivity contribution is 0.253. The fraction of sp³-hybridized carbons (Fsp3) is 0.350. The van der Waals surface area contributed by atoms with Gasteiger partial charge in [0.05, 0.1) is 13.4 Å². The molecule has 0 fully saturated rings. The van der Waals surface area contributed by atoms with Crippen LogP contribution in [-0.2, 0) is 6.54 Å². The van der Waals surface area contributed by atoms with Crippen LogP contribution in [0.15, 0.2) is 30.6 Å². The zero-order valence-corrected chi connectivity index (χ0v) is 15.9. The summed E-state index contributed by atoms with van der Waals surface area (Å²) in [6.45, 7) is 6.31. The topological polar surface area (TPSA) is 85.1 Å². The van der Waals surface area contributed by atoms with Crippen LogP contribution in [0.3, 0.4) is 0 Å². The molecule has 0 saturated heterocycles. The van der Waals surface area contributed by atoms with Crippen molar-refractivity contribution in [3.05, 3.63) is 42.0 Å². The number of aliphatic hydroxyl groups excluding tert-OH is 1. The molecule has 0 amide bonds. The van der Waals surface area contributed by atoms with E-state index in [-0.39, 0.29) is 6.04 Å². The molecular formula is C20H23N5O2. The van der Waals surface area contributed by atoms with Crippen molar-refractivity contribution >= 4 is 17.0 Å². The van der Waals surface area contributed by atoms with Gasteiger partial charge >= 0.3 is 0 Å². The average molecular weight is 365 g/mol. The molecule has 2 N–H and O–H groups in total. The van der Waals surface area contributed by atoms with E-state index in [0.29, 0.717) is 29.4 Å². The molecule has 0 bridgehead atoms. The summed E-state index contributed by atoms with van der Waals surface area (Å²) >= 11 is 0. The van der Waals surface area contributed by atoms with Crippen molar-refractivity contribution in [3.8, 4) is 17.6 Å². The molecule has 2 heterocycles. The Morgan fingerprint density at radius 3 is 2.56 bits per heavy atom. The minimum absolute atomic E-state index is 0.205. The van der Waals surface area contributed by atoms with E-state index < -0.39 is 6.10 Å². The molecule has 0 aliphatic heterocycles. The molecule has 140 valence electrons. The second kappa shape index (κ2) is 8.06. The van der Waals surface area contributed by atoms with Crippen molar-refractivity contribution in [3.63, 3.8) is 0 Å². The van der Waals surface area contributed by atoms with Gasteiger partial charge < -0.3 is 19.7 Å². The number of aliphatic hydroxyl groups is 1. The molecule has 3 aromatic rings. The van der Waals surface area contributed by atoms with Gasteiger partial charge in [-0.05, 0) is 44.4 Å². The van der Waals surface area contributed by atoms with Gasteiger partial charge in [0.15, 0.2) is 17.0 Å². The second-order valence-electron chi connectivity index (χ2n) is 6.46. The molecular weight excluding hydrogens is 342 g/mol. The Bertz CT molecular complexity index is 981. The molecule has 3 rings (SSSR count). The standard InChI is InChI=1S/C20H23N5O2/c1-13(2)25-12-22-18-19(21-11-15-6-8-16(27-4)9-7-15)23-17(24-20(18)25)10-5-14(3)26/h6-9,12-14,26H,11H2,1-4H3,(H,21,23,24). The molecule has 0 spiro atoms. The first kappa shape index (κ1) is 18.7. The van der Waals surface area contributed by atoms with E-state index in [4.69, 9.17) is 4.74 Å². The number of methoxy groups -OCH3 is 1. The quantitative estimate of drug-likeness (QED) is 0.676. The van der Waals surface area contributed by atoms with Crippen molar-refractivity contribution in [2.45, 2.75) is 39.5 Å². The van der Waals surface area contributed by atoms with Gasteiger partial charge in [0.1, 0.15) is 11.9 Å². The Hall–Kier alpha value is -3.11. The first-order valence-corrected chi connectivity index (χ1v) is 8.79. The monoisotopic (exact) mass is 365 g/mol. The molecule has 0 aliphatic rings. The molecule has 0 radical (unpaired) electrons. The maximum absolute atomic E-state index is 9.42. The number of ether oxygens (including phenoxy) is 1. The summed E-state index contributed by atoms with van der Waals surface area (Å²) < 4.78 is 7.16. The lowest BCUT2D eigenvalue weighted by Crippen LogP contribution is -2.07. The Morgan fingerprint density at radius 2 is 1.93 bits per heavy atom. The zero-order valence-electron chi connectivity index (χ0n) is 15.9. The van der Waals surface area contributed by atoms with Crippen LogP contribution in [0, 0.1) is 11.8 Å². The number of nitrogens with zero attached hydrogens (tertiary/aromatic N) is 4. The number of fused-ring (bicyclic) bond motifs is 1. The van der Waals surface area contributed by atoms with Crippen molar-refractivity contribution in [2.24, 2.45) is 0 Å². The van der Waals surface area contributed by atoms with Crippen LogP contribution in [0.1, 0.15) is 38.2 Å². The highest BCUT2D eigenvalue weighted by Gasteiger charge is 2.14. The maximum atomic E-state index is 9.42. The zero-order chi connectivity index (χ0) is 19.4. The van der Waals surface area contributed by atoms with E-state index in [0.717, 1.165) is 11.3 Å². The molecule has 1 aromatic carbocycles. The van der Waals surface area contributed by atoms with Gasteiger partial charge in [-0.2, -0.15) is 0 Å². The third-order valence-corrected chi connectivity index (χ3v) is 3.99. The third-order valence-electron chi connectivity index (χ3n) is 3.99. The third kappa shape index (κ3) is 4.36. The van der Waals surface area contributed by atoms with Gasteiger partial charge in [0.25, 0.3) is 0 Å². The Balaban J connectivity index is 1.95. The first-order valence-electron chi connectivity index (χ1n) is 8.79. The van der Waals surface area contributed by atoms with Crippen molar-refractivity contribution in [2.75, 3.05) is 12.4 Å². The number of rotatable bonds is 5. The molecule has 0 aliphatic carbocycles. The normalized spacial score (nSPS) is 11.9. The van der Waals surface area contributed by atoms with Crippen LogP contribution >= 0.6 is 0 Å². The van der Waals surface area contributed by atoms with Crippen LogP contribution in [0.2, 0.25) is 0 Å². The minimum atomic E-state index is -0.741. The van der Waals surface area contributed by atoms with Crippen molar-refractivity contribution in [1.82, 2.24) is 19.5 Å². The van der Waals surface area contributed by atoms with E-state index >= 15 is 0 Å². The summed E-state index contributed by atoms with van der Waals surface area (Å²) in [5.41, 5.74) is 2.49. The molecule has 7 heteroatoms. The predicted octanol–water partition coefficient (Wildman–Crippen LogP) is 2.76. The smallest absolute Gasteiger partial charge is 0.209 e. The predicted molar refractivity (Wildman–Crippen MR) is 105 cm³/mol. The second-order valence-corrected chi connectivity index (χ2v) is 6.46. The van der Waals surface area contributed by atoms with E-state index in [1.165, 1.54) is 0 Å². The van der Waals surface area contributed by atoms with Crippen LogP contribution in [-0.4, -0.2) is 37.8 Å². The Morgan fingerprint density at radius 1 is 1.19 bits per heavy atom. The number of benzene rings is 1. The van der Waals surface area contributed by atoms with Gasteiger partial charge in [0, 0.05) is 12.6 Å². The van der Waals surface area contributed by atoms with Crippen LogP contribution in [0.5, 0.6) is 5.75 Å². The average Bonchev–Trinajstić information content (AvgIpc) is 3.09. The molecule has 0 saturated carbocycles. The molecule has 1 unspecified atom stereocenters.